The Morgan fingerprint density at radius 3 is 2.52 bits per heavy atom. The minimum absolute atomic E-state index is 0.126. The molecule has 1 amide bonds. The Balaban J connectivity index is 1.84. The molecule has 3 aromatic rings. The van der Waals surface area contributed by atoms with Crippen LogP contribution in [0.3, 0.4) is 0 Å². The van der Waals surface area contributed by atoms with E-state index < -0.39 is 15.9 Å². The molecule has 0 bridgehead atoms. The molecule has 0 saturated heterocycles. The van der Waals surface area contributed by atoms with E-state index in [0.29, 0.717) is 22.7 Å². The number of fused-ring (bicyclic) bond motifs is 1. The van der Waals surface area contributed by atoms with Gasteiger partial charge in [-0.3, -0.25) is 9.52 Å². The summed E-state index contributed by atoms with van der Waals surface area (Å²) in [6, 6.07) is 13.4. The quantitative estimate of drug-likeness (QED) is 0.729. The lowest BCUT2D eigenvalue weighted by Crippen LogP contribution is -2.12. The van der Waals surface area contributed by atoms with Crippen LogP contribution < -0.4 is 14.8 Å². The molecular formula is C17H16N2O5S. The Kier molecular flexibility index (Phi) is 4.37. The van der Waals surface area contributed by atoms with Gasteiger partial charge in [-0.1, -0.05) is 18.2 Å². The number of amides is 1. The Morgan fingerprint density at radius 2 is 1.80 bits per heavy atom. The average molecular weight is 360 g/mol. The molecule has 8 heteroatoms. The van der Waals surface area contributed by atoms with Gasteiger partial charge in [0.05, 0.1) is 19.1 Å². The Morgan fingerprint density at radius 1 is 1.08 bits per heavy atom. The second-order valence-corrected chi connectivity index (χ2v) is 7.15. The van der Waals surface area contributed by atoms with Crippen molar-refractivity contribution in [3.63, 3.8) is 0 Å². The van der Waals surface area contributed by atoms with E-state index in [9.17, 15) is 13.2 Å². The lowest BCUT2D eigenvalue weighted by molar-refractivity contribution is 0.0998. The summed E-state index contributed by atoms with van der Waals surface area (Å²) in [6.07, 6.45) is 1.06. The molecule has 0 aliphatic heterocycles. The van der Waals surface area contributed by atoms with E-state index >= 15 is 0 Å². The summed E-state index contributed by atoms with van der Waals surface area (Å²) in [7, 11) is -1.87. The monoisotopic (exact) mass is 360 g/mol. The largest absolute Gasteiger partial charge is 0.493 e. The maximum absolute atomic E-state index is 12.4. The lowest BCUT2D eigenvalue weighted by atomic mass is 10.2. The highest BCUT2D eigenvalue weighted by atomic mass is 32.2. The molecule has 3 rings (SSSR count). The maximum atomic E-state index is 12.4. The number of benzene rings is 2. The molecule has 0 aliphatic rings. The van der Waals surface area contributed by atoms with Crippen molar-refractivity contribution in [3.8, 4) is 5.75 Å². The van der Waals surface area contributed by atoms with Crippen molar-refractivity contribution in [1.82, 2.24) is 0 Å². The van der Waals surface area contributed by atoms with Crippen molar-refractivity contribution in [3.05, 3.63) is 54.3 Å². The van der Waals surface area contributed by atoms with E-state index in [4.69, 9.17) is 9.15 Å². The van der Waals surface area contributed by atoms with Crippen LogP contribution >= 0.6 is 0 Å². The van der Waals surface area contributed by atoms with Gasteiger partial charge in [0.25, 0.3) is 5.91 Å². The number of hydrogen-bond acceptors (Lipinski definition) is 5. The van der Waals surface area contributed by atoms with Crippen LogP contribution in [0.25, 0.3) is 11.0 Å². The van der Waals surface area contributed by atoms with Gasteiger partial charge in [-0.15, -0.1) is 0 Å². The van der Waals surface area contributed by atoms with Gasteiger partial charge in [0.1, 0.15) is 0 Å². The van der Waals surface area contributed by atoms with Crippen molar-refractivity contribution in [2.75, 3.05) is 23.4 Å². The number of anilines is 2. The fourth-order valence-corrected chi connectivity index (χ4v) is 2.93. The zero-order chi connectivity index (χ0) is 18.0. The van der Waals surface area contributed by atoms with Crippen molar-refractivity contribution in [2.24, 2.45) is 0 Å². The Labute approximate surface area is 144 Å². The van der Waals surface area contributed by atoms with Crippen molar-refractivity contribution in [2.45, 2.75) is 0 Å². The van der Waals surface area contributed by atoms with Gasteiger partial charge in [0.15, 0.2) is 17.1 Å². The van der Waals surface area contributed by atoms with Crippen molar-refractivity contribution < 1.29 is 22.4 Å². The van der Waals surface area contributed by atoms with E-state index in [1.807, 2.05) is 6.07 Å². The van der Waals surface area contributed by atoms with Crippen LogP contribution in [0.5, 0.6) is 5.75 Å². The third-order valence-electron chi connectivity index (χ3n) is 3.38. The first-order valence-corrected chi connectivity index (χ1v) is 9.20. The summed E-state index contributed by atoms with van der Waals surface area (Å²) < 4.78 is 35.7. The molecular weight excluding hydrogens is 344 g/mol. The summed E-state index contributed by atoms with van der Waals surface area (Å²) in [5.41, 5.74) is 1.28. The van der Waals surface area contributed by atoms with Crippen molar-refractivity contribution in [1.29, 1.82) is 0 Å². The Bertz CT molecular complexity index is 1040. The van der Waals surface area contributed by atoms with E-state index in [1.165, 1.54) is 13.2 Å². The Hall–Kier alpha value is -3.00. The second kappa shape index (κ2) is 6.48. The first kappa shape index (κ1) is 16.8. The van der Waals surface area contributed by atoms with Crippen LogP contribution in [0.15, 0.2) is 52.9 Å². The number of carbonyl (C=O) groups is 1. The summed E-state index contributed by atoms with van der Waals surface area (Å²) >= 11 is 0. The fourth-order valence-electron chi connectivity index (χ4n) is 2.38. The highest BCUT2D eigenvalue weighted by molar-refractivity contribution is 7.92. The third kappa shape index (κ3) is 3.92. The van der Waals surface area contributed by atoms with Gasteiger partial charge in [-0.05, 0) is 30.3 Å². The van der Waals surface area contributed by atoms with Crippen LogP contribution in [0.1, 0.15) is 10.6 Å². The number of rotatable bonds is 5. The van der Waals surface area contributed by atoms with Crippen LogP contribution in [0.4, 0.5) is 11.4 Å². The van der Waals surface area contributed by atoms with Crippen LogP contribution in [-0.2, 0) is 10.0 Å². The van der Waals surface area contributed by atoms with E-state index in [0.717, 1.165) is 11.6 Å². The molecule has 2 N–H and O–H groups in total. The summed E-state index contributed by atoms with van der Waals surface area (Å²) in [5.74, 6) is 0.214. The molecule has 1 aromatic heterocycles. The molecule has 0 saturated carbocycles. The number of furan rings is 1. The first-order chi connectivity index (χ1) is 11.9. The number of sulfonamides is 1. The minimum atomic E-state index is -3.39. The number of methoxy groups -OCH3 is 1. The predicted molar refractivity (Wildman–Crippen MR) is 95.6 cm³/mol. The summed E-state index contributed by atoms with van der Waals surface area (Å²) in [6.45, 7) is 0. The SMILES string of the molecule is COc1cccc2cc(C(=O)Nc3cccc(NS(C)(=O)=O)c3)oc12. The number of nitrogens with one attached hydrogen (secondary N) is 2. The number of para-hydroxylation sites is 1. The smallest absolute Gasteiger partial charge is 0.291 e. The highest BCUT2D eigenvalue weighted by Crippen LogP contribution is 2.29. The molecule has 25 heavy (non-hydrogen) atoms. The summed E-state index contributed by atoms with van der Waals surface area (Å²) in [4.78, 5) is 12.4. The average Bonchev–Trinajstić information content (AvgIpc) is 2.97. The fraction of sp³-hybridized carbons (Fsp3) is 0.118. The van der Waals surface area contributed by atoms with Gasteiger partial charge in [0, 0.05) is 11.1 Å². The molecule has 1 heterocycles. The van der Waals surface area contributed by atoms with Gasteiger partial charge in [-0.25, -0.2) is 8.42 Å². The molecule has 0 radical (unpaired) electrons. The van der Waals surface area contributed by atoms with E-state index in [-0.39, 0.29) is 5.76 Å². The predicted octanol–water partition coefficient (Wildman–Crippen LogP) is 3.07. The zero-order valence-corrected chi connectivity index (χ0v) is 14.4. The van der Waals surface area contributed by atoms with Gasteiger partial charge in [-0.2, -0.15) is 0 Å². The number of carbonyl (C=O) groups excluding carboxylic acids is 1. The maximum Gasteiger partial charge on any atom is 0.291 e. The number of hydrogen-bond donors (Lipinski definition) is 2. The highest BCUT2D eigenvalue weighted by Gasteiger charge is 2.15. The summed E-state index contributed by atoms with van der Waals surface area (Å²) in [5, 5.41) is 3.42. The molecule has 0 spiro atoms. The lowest BCUT2D eigenvalue weighted by Gasteiger charge is -2.07. The third-order valence-corrected chi connectivity index (χ3v) is 3.98. The molecule has 0 unspecified atom stereocenters. The molecule has 0 fully saturated rings. The van der Waals surface area contributed by atoms with E-state index in [1.54, 1.807) is 36.4 Å². The standard InChI is InChI=1S/C17H16N2O5S/c1-23-14-8-3-5-11-9-15(24-16(11)14)17(20)18-12-6-4-7-13(10-12)19-25(2,21)22/h3-10,19H,1-2H3,(H,18,20). The number of ether oxygens (including phenoxy) is 1. The van der Waals surface area contributed by atoms with Gasteiger partial charge >= 0.3 is 0 Å². The van der Waals surface area contributed by atoms with Crippen molar-refractivity contribution >= 4 is 38.3 Å². The van der Waals surface area contributed by atoms with E-state index in [2.05, 4.69) is 10.0 Å². The first-order valence-electron chi connectivity index (χ1n) is 7.31. The van der Waals surface area contributed by atoms with Gasteiger partial charge < -0.3 is 14.5 Å². The molecule has 0 aliphatic carbocycles. The van der Waals surface area contributed by atoms with Crippen LogP contribution in [0.2, 0.25) is 0 Å². The zero-order valence-electron chi connectivity index (χ0n) is 13.6. The van der Waals surface area contributed by atoms with Crippen LogP contribution in [0, 0.1) is 0 Å². The minimum Gasteiger partial charge on any atom is -0.493 e. The molecule has 2 aromatic carbocycles. The second-order valence-electron chi connectivity index (χ2n) is 5.40. The molecule has 0 atom stereocenters. The normalized spacial score (nSPS) is 11.3. The topological polar surface area (TPSA) is 97.6 Å². The van der Waals surface area contributed by atoms with Gasteiger partial charge in [0.2, 0.25) is 10.0 Å². The molecule has 7 nitrogen and oxygen atoms in total. The molecule has 130 valence electrons. The van der Waals surface area contributed by atoms with Crippen LogP contribution in [-0.4, -0.2) is 27.7 Å².